The Morgan fingerprint density at radius 1 is 1.47 bits per heavy atom. The lowest BCUT2D eigenvalue weighted by atomic mass is 10.2. The fourth-order valence-corrected chi connectivity index (χ4v) is 1.61. The Kier molecular flexibility index (Phi) is 3.43. The minimum Gasteiger partial charge on any atom is -0.423 e. The molecule has 19 heavy (non-hydrogen) atoms. The summed E-state index contributed by atoms with van der Waals surface area (Å²) in [6.07, 6.45) is -3.41. The summed E-state index contributed by atoms with van der Waals surface area (Å²) in [5.74, 6) is -1.69. The van der Waals surface area contributed by atoms with Gasteiger partial charge in [0.25, 0.3) is 0 Å². The first-order valence-corrected chi connectivity index (χ1v) is 5.60. The number of nitrogen functional groups attached to an aromatic ring is 1. The number of carbonyl (C=O) groups is 1. The van der Waals surface area contributed by atoms with Crippen molar-refractivity contribution in [1.82, 2.24) is 0 Å². The predicted molar refractivity (Wildman–Crippen MR) is 65.3 cm³/mol. The van der Waals surface area contributed by atoms with Crippen molar-refractivity contribution in [3.05, 3.63) is 12.1 Å². The third kappa shape index (κ3) is 2.68. The van der Waals surface area contributed by atoms with Gasteiger partial charge < -0.3 is 26.2 Å². The van der Waals surface area contributed by atoms with Crippen LogP contribution >= 0.6 is 0 Å². The molecule has 0 spiro atoms. The molecule has 0 fully saturated rings. The number of rotatable bonds is 4. The zero-order valence-corrected chi connectivity index (χ0v) is 9.87. The molecule has 2 rings (SSSR count). The van der Waals surface area contributed by atoms with E-state index in [0.717, 1.165) is 0 Å². The van der Waals surface area contributed by atoms with E-state index in [2.05, 4.69) is 10.1 Å². The third-order valence-electron chi connectivity index (χ3n) is 2.55. The molecular weight excluding hydrogens is 260 g/mol. The molecule has 0 atom stereocenters. The van der Waals surface area contributed by atoms with E-state index >= 15 is 0 Å². The number of halogens is 2. The van der Waals surface area contributed by atoms with Gasteiger partial charge in [-0.05, 0) is 12.5 Å². The van der Waals surface area contributed by atoms with Crippen molar-refractivity contribution < 1.29 is 23.4 Å². The number of carbonyl (C=O) groups excluding carboxylic acids is 1. The fraction of sp³-hybridized carbons (Fsp3) is 0.364. The third-order valence-corrected chi connectivity index (χ3v) is 2.55. The van der Waals surface area contributed by atoms with E-state index in [0.29, 0.717) is 18.7 Å². The highest BCUT2D eigenvalue weighted by Crippen LogP contribution is 2.39. The van der Waals surface area contributed by atoms with Gasteiger partial charge in [-0.2, -0.15) is 8.78 Å². The van der Waals surface area contributed by atoms with Crippen molar-refractivity contribution in [2.75, 3.05) is 29.5 Å². The molecule has 0 saturated carbocycles. The second-order valence-electron chi connectivity index (χ2n) is 4.01. The molecule has 8 heteroatoms. The zero-order chi connectivity index (χ0) is 14.0. The molecule has 5 N–H and O–H groups in total. The van der Waals surface area contributed by atoms with E-state index in [1.54, 1.807) is 0 Å². The highest BCUT2D eigenvalue weighted by molar-refractivity contribution is 5.99. The van der Waals surface area contributed by atoms with E-state index in [4.69, 9.17) is 10.8 Å². The van der Waals surface area contributed by atoms with Crippen LogP contribution in [0.5, 0.6) is 5.75 Å². The van der Waals surface area contributed by atoms with Crippen molar-refractivity contribution in [2.24, 2.45) is 0 Å². The number of hydrogen-bond acceptors (Lipinski definition) is 5. The molecule has 0 unspecified atom stereocenters. The molecule has 0 aromatic heterocycles. The van der Waals surface area contributed by atoms with E-state index in [-0.39, 0.29) is 23.7 Å². The minimum atomic E-state index is -3.90. The Labute approximate surface area is 107 Å². The average Bonchev–Trinajstić information content (AvgIpc) is 2.32. The van der Waals surface area contributed by atoms with Crippen LogP contribution in [0.15, 0.2) is 12.1 Å². The smallest absolute Gasteiger partial charge is 0.423 e. The summed E-state index contributed by atoms with van der Waals surface area (Å²) in [6, 6.07) is 2.62. The SMILES string of the molecule is Nc1cc2c(cc1NCCCO)OC(F)(F)C(=O)N2. The molecule has 1 aliphatic heterocycles. The van der Waals surface area contributed by atoms with Crippen LogP contribution in [0.1, 0.15) is 6.42 Å². The van der Waals surface area contributed by atoms with Gasteiger partial charge in [-0.1, -0.05) is 0 Å². The maximum Gasteiger partial charge on any atom is 0.482 e. The van der Waals surface area contributed by atoms with Crippen molar-refractivity contribution in [1.29, 1.82) is 0 Å². The van der Waals surface area contributed by atoms with Gasteiger partial charge >= 0.3 is 12.0 Å². The van der Waals surface area contributed by atoms with Crippen LogP contribution in [0.3, 0.4) is 0 Å². The molecule has 0 aliphatic carbocycles. The summed E-state index contributed by atoms with van der Waals surface area (Å²) >= 11 is 0. The van der Waals surface area contributed by atoms with Gasteiger partial charge in [0.2, 0.25) is 0 Å². The second kappa shape index (κ2) is 4.88. The molecule has 104 valence electrons. The quantitative estimate of drug-likeness (QED) is 0.484. The largest absolute Gasteiger partial charge is 0.482 e. The van der Waals surface area contributed by atoms with Crippen LogP contribution in [0.25, 0.3) is 0 Å². The molecule has 6 nitrogen and oxygen atoms in total. The molecule has 0 saturated heterocycles. The van der Waals surface area contributed by atoms with Gasteiger partial charge in [0.05, 0.1) is 17.1 Å². The first-order valence-electron chi connectivity index (χ1n) is 5.60. The van der Waals surface area contributed by atoms with Crippen molar-refractivity contribution >= 4 is 23.0 Å². The number of amides is 1. The van der Waals surface area contributed by atoms with E-state index in [1.807, 2.05) is 5.32 Å². The molecule has 1 amide bonds. The number of nitrogens with one attached hydrogen (secondary N) is 2. The predicted octanol–water partition coefficient (Wildman–Crippen LogP) is 0.987. The first-order chi connectivity index (χ1) is 8.94. The lowest BCUT2D eigenvalue weighted by molar-refractivity contribution is -0.189. The van der Waals surface area contributed by atoms with Crippen LogP contribution in [0.2, 0.25) is 0 Å². The van der Waals surface area contributed by atoms with Gasteiger partial charge in [0.15, 0.2) is 5.75 Å². The summed E-state index contributed by atoms with van der Waals surface area (Å²) in [7, 11) is 0. The van der Waals surface area contributed by atoms with Crippen LogP contribution < -0.4 is 21.1 Å². The van der Waals surface area contributed by atoms with Gasteiger partial charge in [-0.25, -0.2) is 0 Å². The number of anilines is 3. The highest BCUT2D eigenvalue weighted by Gasteiger charge is 2.46. The van der Waals surface area contributed by atoms with Crippen LogP contribution in [-0.4, -0.2) is 30.3 Å². The monoisotopic (exact) mass is 273 g/mol. The number of benzene rings is 1. The summed E-state index contributed by atoms with van der Waals surface area (Å²) in [5, 5.41) is 13.6. The number of alkyl halides is 2. The number of aliphatic hydroxyl groups excluding tert-OH is 1. The summed E-state index contributed by atoms with van der Waals surface area (Å²) < 4.78 is 30.5. The number of fused-ring (bicyclic) bond motifs is 1. The highest BCUT2D eigenvalue weighted by atomic mass is 19.3. The lowest BCUT2D eigenvalue weighted by Gasteiger charge is -2.25. The standard InChI is InChI=1S/C11H13F2N3O3/c12-11(13)10(18)16-8-4-6(14)7(5-9(8)19-11)15-2-1-3-17/h4-5,15,17H,1-3,14H2,(H,16,18). The second-order valence-corrected chi connectivity index (χ2v) is 4.01. The van der Waals surface area contributed by atoms with E-state index in [1.165, 1.54) is 12.1 Å². The summed E-state index contributed by atoms with van der Waals surface area (Å²) in [4.78, 5) is 11.0. The van der Waals surface area contributed by atoms with Gasteiger partial charge in [0.1, 0.15) is 0 Å². The molecule has 0 radical (unpaired) electrons. The Morgan fingerprint density at radius 2 is 2.21 bits per heavy atom. The van der Waals surface area contributed by atoms with Crippen molar-refractivity contribution in [3.8, 4) is 5.75 Å². The van der Waals surface area contributed by atoms with E-state index in [9.17, 15) is 13.6 Å². The van der Waals surface area contributed by atoms with Crippen molar-refractivity contribution in [3.63, 3.8) is 0 Å². The van der Waals surface area contributed by atoms with Crippen LogP contribution in [0.4, 0.5) is 25.8 Å². The molecule has 1 heterocycles. The van der Waals surface area contributed by atoms with Crippen molar-refractivity contribution in [2.45, 2.75) is 12.5 Å². The Balaban J connectivity index is 2.25. The number of ether oxygens (including phenoxy) is 1. The lowest BCUT2D eigenvalue weighted by Crippen LogP contribution is -2.43. The van der Waals surface area contributed by atoms with Gasteiger partial charge in [-0.3, -0.25) is 4.79 Å². The maximum atomic E-state index is 13.1. The molecular formula is C11H13F2N3O3. The fourth-order valence-electron chi connectivity index (χ4n) is 1.61. The number of aliphatic hydroxyl groups is 1. The Morgan fingerprint density at radius 3 is 2.89 bits per heavy atom. The topological polar surface area (TPSA) is 96.6 Å². The Bertz CT molecular complexity index is 508. The molecule has 1 aromatic carbocycles. The van der Waals surface area contributed by atoms with Crippen LogP contribution in [0, 0.1) is 0 Å². The van der Waals surface area contributed by atoms with E-state index < -0.39 is 12.0 Å². The zero-order valence-electron chi connectivity index (χ0n) is 9.87. The molecule has 1 aliphatic rings. The number of nitrogens with two attached hydrogens (primary N) is 1. The van der Waals surface area contributed by atoms with Gasteiger partial charge in [-0.15, -0.1) is 0 Å². The van der Waals surface area contributed by atoms with Crippen LogP contribution in [-0.2, 0) is 4.79 Å². The van der Waals surface area contributed by atoms with Gasteiger partial charge in [0, 0.05) is 19.2 Å². The maximum absolute atomic E-state index is 13.1. The minimum absolute atomic E-state index is 0.00245. The molecule has 1 aromatic rings. The normalized spacial score (nSPS) is 16.3. The summed E-state index contributed by atoms with van der Waals surface area (Å²) in [6.45, 7) is 0.435. The first kappa shape index (κ1) is 13.3. The summed E-state index contributed by atoms with van der Waals surface area (Å²) in [5.41, 5.74) is 6.50. The average molecular weight is 273 g/mol. The Hall–Kier alpha value is -2.09. The molecule has 0 bridgehead atoms. The number of hydrogen-bond donors (Lipinski definition) is 4.